The van der Waals surface area contributed by atoms with Gasteiger partial charge in [-0.1, -0.05) is 36.4 Å². The lowest BCUT2D eigenvalue weighted by atomic mass is 10.1. The summed E-state index contributed by atoms with van der Waals surface area (Å²) in [5.74, 6) is 0.532. The Morgan fingerprint density at radius 1 is 1.09 bits per heavy atom. The van der Waals surface area contributed by atoms with Gasteiger partial charge in [0.25, 0.3) is 0 Å². The number of methoxy groups -OCH3 is 2. The second-order valence-corrected chi connectivity index (χ2v) is 7.66. The van der Waals surface area contributed by atoms with E-state index in [0.29, 0.717) is 28.9 Å². The van der Waals surface area contributed by atoms with Crippen LogP contribution in [0.2, 0.25) is 0 Å². The van der Waals surface area contributed by atoms with Crippen LogP contribution in [-0.4, -0.2) is 37.7 Å². The van der Waals surface area contributed by atoms with Gasteiger partial charge in [-0.05, 0) is 30.7 Å². The summed E-state index contributed by atoms with van der Waals surface area (Å²) in [6.45, 7) is 2.43. The number of carbonyl (C=O) groups excluding carboxylic acids is 2. The van der Waals surface area contributed by atoms with E-state index in [9.17, 15) is 9.59 Å². The second-order valence-electron chi connectivity index (χ2n) is 6.58. The minimum Gasteiger partial charge on any atom is -0.493 e. The van der Waals surface area contributed by atoms with Crippen molar-refractivity contribution in [3.8, 4) is 22.8 Å². The maximum absolute atomic E-state index is 12.5. The first-order valence-corrected chi connectivity index (χ1v) is 10.8. The molecule has 32 heavy (non-hydrogen) atoms. The molecule has 0 bridgehead atoms. The van der Waals surface area contributed by atoms with Crippen LogP contribution >= 0.6 is 11.3 Å². The monoisotopic (exact) mass is 452 g/mol. The van der Waals surface area contributed by atoms with Gasteiger partial charge in [-0.25, -0.2) is 4.98 Å². The van der Waals surface area contributed by atoms with Crippen molar-refractivity contribution >= 4 is 34.4 Å². The van der Waals surface area contributed by atoms with E-state index in [1.54, 1.807) is 25.3 Å². The Labute approximate surface area is 190 Å². The van der Waals surface area contributed by atoms with E-state index < -0.39 is 0 Å². The molecule has 0 radical (unpaired) electrons. The van der Waals surface area contributed by atoms with E-state index >= 15 is 0 Å². The molecule has 3 aromatic rings. The molecule has 0 aliphatic rings. The maximum atomic E-state index is 12.5. The first kappa shape index (κ1) is 23.0. The summed E-state index contributed by atoms with van der Waals surface area (Å²) >= 11 is 1.25. The Morgan fingerprint density at radius 3 is 2.56 bits per heavy atom. The Kier molecular flexibility index (Phi) is 7.99. The number of hydrogen-bond acceptors (Lipinski definition) is 7. The second kappa shape index (κ2) is 11.1. The smallest absolute Gasteiger partial charge is 0.310 e. The quantitative estimate of drug-likeness (QED) is 0.378. The molecule has 0 unspecified atom stereocenters. The highest BCUT2D eigenvalue weighted by molar-refractivity contribution is 7.16. The zero-order chi connectivity index (χ0) is 22.9. The molecular formula is C24H24N2O5S. The lowest BCUT2D eigenvalue weighted by molar-refractivity contribution is -0.139. The molecule has 0 aliphatic carbocycles. The van der Waals surface area contributed by atoms with Gasteiger partial charge in [0.1, 0.15) is 0 Å². The number of nitrogens with one attached hydrogen (secondary N) is 1. The van der Waals surface area contributed by atoms with E-state index in [-0.39, 0.29) is 18.3 Å². The Balaban J connectivity index is 1.76. The molecule has 0 saturated carbocycles. The fraction of sp³-hybridized carbons (Fsp3) is 0.208. The molecule has 1 amide bonds. The van der Waals surface area contributed by atoms with Crippen LogP contribution in [0, 0.1) is 0 Å². The van der Waals surface area contributed by atoms with Crippen molar-refractivity contribution in [2.45, 2.75) is 13.3 Å². The standard InChI is InChI=1S/C24H24N2O5S/c1-4-31-18-12-10-16(14-19(18)29-2)11-13-21(27)25-24-26-23(17-8-6-5-7-9-17)20(32-24)15-22(28)30-3/h5-14H,4,15H2,1-3H3,(H,25,26,27)/b13-11+. The van der Waals surface area contributed by atoms with Gasteiger partial charge in [-0.3, -0.25) is 14.9 Å². The van der Waals surface area contributed by atoms with E-state index in [4.69, 9.17) is 14.2 Å². The zero-order valence-corrected chi connectivity index (χ0v) is 18.9. The van der Waals surface area contributed by atoms with Crippen LogP contribution in [0.25, 0.3) is 17.3 Å². The average Bonchev–Trinajstić information content (AvgIpc) is 3.20. The Morgan fingerprint density at radius 2 is 1.88 bits per heavy atom. The number of aromatic nitrogens is 1. The summed E-state index contributed by atoms with van der Waals surface area (Å²) in [5.41, 5.74) is 2.30. The molecule has 0 aliphatic heterocycles. The van der Waals surface area contributed by atoms with Crippen LogP contribution in [0.15, 0.2) is 54.6 Å². The molecule has 1 heterocycles. The van der Waals surface area contributed by atoms with Gasteiger partial charge in [0.2, 0.25) is 5.91 Å². The van der Waals surface area contributed by atoms with Crippen molar-refractivity contribution < 1.29 is 23.8 Å². The normalized spacial score (nSPS) is 10.7. The van der Waals surface area contributed by atoms with Crippen molar-refractivity contribution in [2.75, 3.05) is 26.1 Å². The summed E-state index contributed by atoms with van der Waals surface area (Å²) in [7, 11) is 2.91. The van der Waals surface area contributed by atoms with Gasteiger partial charge in [0.05, 0.1) is 32.9 Å². The predicted molar refractivity (Wildman–Crippen MR) is 125 cm³/mol. The van der Waals surface area contributed by atoms with Crippen LogP contribution in [-0.2, 0) is 20.7 Å². The molecule has 2 aromatic carbocycles. The molecule has 3 rings (SSSR count). The highest BCUT2D eigenvalue weighted by Crippen LogP contribution is 2.32. The van der Waals surface area contributed by atoms with Gasteiger partial charge >= 0.3 is 5.97 Å². The maximum Gasteiger partial charge on any atom is 0.310 e. The fourth-order valence-electron chi connectivity index (χ4n) is 2.93. The zero-order valence-electron chi connectivity index (χ0n) is 18.1. The number of carbonyl (C=O) groups is 2. The number of esters is 1. The molecule has 166 valence electrons. The van der Waals surface area contributed by atoms with Crippen LogP contribution < -0.4 is 14.8 Å². The Hall–Kier alpha value is -3.65. The molecule has 0 spiro atoms. The number of anilines is 1. The largest absolute Gasteiger partial charge is 0.493 e. The van der Waals surface area contributed by atoms with Crippen molar-refractivity contribution in [3.05, 3.63) is 65.0 Å². The van der Waals surface area contributed by atoms with Crippen LogP contribution in [0.4, 0.5) is 5.13 Å². The summed E-state index contributed by atoms with van der Waals surface area (Å²) in [6, 6.07) is 14.9. The topological polar surface area (TPSA) is 86.8 Å². The summed E-state index contributed by atoms with van der Waals surface area (Å²) in [6.07, 6.45) is 3.17. The van der Waals surface area contributed by atoms with E-state index in [0.717, 1.165) is 16.0 Å². The van der Waals surface area contributed by atoms with Crippen LogP contribution in [0.1, 0.15) is 17.4 Å². The molecule has 1 N–H and O–H groups in total. The highest BCUT2D eigenvalue weighted by atomic mass is 32.1. The van der Waals surface area contributed by atoms with Crippen LogP contribution in [0.3, 0.4) is 0 Å². The third-order valence-electron chi connectivity index (χ3n) is 4.42. The SMILES string of the molecule is CCOc1ccc(/C=C/C(=O)Nc2nc(-c3ccccc3)c(CC(=O)OC)s2)cc1OC. The van der Waals surface area contributed by atoms with Crippen molar-refractivity contribution in [1.82, 2.24) is 4.98 Å². The summed E-state index contributed by atoms with van der Waals surface area (Å²) in [4.78, 5) is 29.5. The van der Waals surface area contributed by atoms with Gasteiger partial charge in [-0.2, -0.15) is 0 Å². The van der Waals surface area contributed by atoms with Gasteiger partial charge in [0, 0.05) is 16.5 Å². The Bertz CT molecular complexity index is 1110. The van der Waals surface area contributed by atoms with E-state index in [2.05, 4.69) is 10.3 Å². The molecule has 1 aromatic heterocycles. The number of thiazole rings is 1. The van der Waals surface area contributed by atoms with Crippen molar-refractivity contribution in [2.24, 2.45) is 0 Å². The van der Waals surface area contributed by atoms with E-state index in [1.165, 1.54) is 24.5 Å². The van der Waals surface area contributed by atoms with Gasteiger partial charge in [-0.15, -0.1) is 11.3 Å². The van der Waals surface area contributed by atoms with Crippen molar-refractivity contribution in [3.63, 3.8) is 0 Å². The number of benzene rings is 2. The minimum absolute atomic E-state index is 0.0794. The molecule has 0 fully saturated rings. The number of rotatable bonds is 9. The summed E-state index contributed by atoms with van der Waals surface area (Å²) < 4.78 is 15.6. The predicted octanol–water partition coefficient (Wildman–Crippen LogP) is 4.58. The number of hydrogen-bond donors (Lipinski definition) is 1. The molecule has 8 heteroatoms. The lowest BCUT2D eigenvalue weighted by Gasteiger charge is -2.09. The molecule has 0 saturated heterocycles. The highest BCUT2D eigenvalue weighted by Gasteiger charge is 2.17. The number of amides is 1. The molecule has 0 atom stereocenters. The van der Waals surface area contributed by atoms with Crippen molar-refractivity contribution in [1.29, 1.82) is 0 Å². The van der Waals surface area contributed by atoms with Crippen LogP contribution in [0.5, 0.6) is 11.5 Å². The summed E-state index contributed by atoms with van der Waals surface area (Å²) in [5, 5.41) is 3.17. The number of ether oxygens (including phenoxy) is 3. The first-order chi connectivity index (χ1) is 15.5. The van der Waals surface area contributed by atoms with E-state index in [1.807, 2.05) is 43.3 Å². The van der Waals surface area contributed by atoms with Gasteiger partial charge < -0.3 is 14.2 Å². The fourth-order valence-corrected chi connectivity index (χ4v) is 3.90. The average molecular weight is 453 g/mol. The minimum atomic E-state index is -0.368. The third-order valence-corrected chi connectivity index (χ3v) is 5.39. The number of nitrogens with zero attached hydrogens (tertiary/aromatic N) is 1. The van der Waals surface area contributed by atoms with Gasteiger partial charge in [0.15, 0.2) is 16.6 Å². The third kappa shape index (κ3) is 5.95. The molecule has 7 nitrogen and oxygen atoms in total. The lowest BCUT2D eigenvalue weighted by Crippen LogP contribution is -2.07. The first-order valence-electron chi connectivity index (χ1n) is 9.95. The molecular weight excluding hydrogens is 428 g/mol.